The minimum atomic E-state index is -0.426. The molecule has 1 aromatic heterocycles. The standard InChI is InChI=1S/C14H10ClFN2O/c15-10-6-4-9(5-7-10)8-18-12-3-1-2-11(16)13(12)17-14(18)19/h1-7H,8H2,(H,17,19). The van der Waals surface area contributed by atoms with Crippen molar-refractivity contribution < 1.29 is 4.39 Å². The highest BCUT2D eigenvalue weighted by molar-refractivity contribution is 6.30. The normalized spacial score (nSPS) is 11.1. The SMILES string of the molecule is O=c1[nH]c2c(F)cccc2n1Cc1ccc(Cl)cc1. The summed E-state index contributed by atoms with van der Waals surface area (Å²) in [4.78, 5) is 14.4. The van der Waals surface area contributed by atoms with Crippen LogP contribution in [-0.2, 0) is 6.54 Å². The van der Waals surface area contributed by atoms with Crippen molar-refractivity contribution in [1.82, 2.24) is 9.55 Å². The maximum atomic E-state index is 13.6. The number of hydrogen-bond acceptors (Lipinski definition) is 1. The van der Waals surface area contributed by atoms with Crippen LogP contribution in [-0.4, -0.2) is 9.55 Å². The van der Waals surface area contributed by atoms with E-state index in [1.165, 1.54) is 10.6 Å². The fourth-order valence-electron chi connectivity index (χ4n) is 2.07. The fourth-order valence-corrected chi connectivity index (χ4v) is 2.20. The van der Waals surface area contributed by atoms with Crippen LogP contribution in [0.15, 0.2) is 47.3 Å². The molecule has 3 aromatic rings. The molecule has 0 unspecified atom stereocenters. The highest BCUT2D eigenvalue weighted by Gasteiger charge is 2.10. The number of rotatable bonds is 2. The molecule has 0 amide bonds. The predicted molar refractivity (Wildman–Crippen MR) is 73.1 cm³/mol. The van der Waals surface area contributed by atoms with E-state index in [0.29, 0.717) is 17.1 Å². The Labute approximate surface area is 113 Å². The fraction of sp³-hybridized carbons (Fsp3) is 0.0714. The van der Waals surface area contributed by atoms with Crippen LogP contribution in [0.5, 0.6) is 0 Å². The number of H-pyrrole nitrogens is 1. The lowest BCUT2D eigenvalue weighted by atomic mass is 10.2. The van der Waals surface area contributed by atoms with Crippen molar-refractivity contribution in [2.75, 3.05) is 0 Å². The van der Waals surface area contributed by atoms with E-state index in [1.54, 1.807) is 24.3 Å². The Morgan fingerprint density at radius 1 is 1.16 bits per heavy atom. The summed E-state index contributed by atoms with van der Waals surface area (Å²) in [5.41, 5.74) is 1.40. The van der Waals surface area contributed by atoms with Crippen molar-refractivity contribution in [1.29, 1.82) is 0 Å². The van der Waals surface area contributed by atoms with Gasteiger partial charge in [0, 0.05) is 5.02 Å². The number of imidazole rings is 1. The van der Waals surface area contributed by atoms with E-state index < -0.39 is 5.82 Å². The molecular weight excluding hydrogens is 267 g/mol. The third kappa shape index (κ3) is 2.15. The Hall–Kier alpha value is -2.07. The van der Waals surface area contributed by atoms with E-state index in [9.17, 15) is 9.18 Å². The van der Waals surface area contributed by atoms with Crippen molar-refractivity contribution in [3.63, 3.8) is 0 Å². The van der Waals surface area contributed by atoms with Gasteiger partial charge in [-0.1, -0.05) is 29.8 Å². The minimum absolute atomic E-state index is 0.237. The van der Waals surface area contributed by atoms with Crippen LogP contribution in [0, 0.1) is 5.82 Å². The smallest absolute Gasteiger partial charge is 0.303 e. The lowest BCUT2D eigenvalue weighted by Crippen LogP contribution is -2.17. The van der Waals surface area contributed by atoms with Gasteiger partial charge in [-0.3, -0.25) is 4.57 Å². The molecule has 0 bridgehead atoms. The van der Waals surface area contributed by atoms with Gasteiger partial charge in [0.1, 0.15) is 11.3 Å². The highest BCUT2D eigenvalue weighted by atomic mass is 35.5. The second-order valence-corrected chi connectivity index (χ2v) is 4.71. The topological polar surface area (TPSA) is 37.8 Å². The first-order valence-corrected chi connectivity index (χ1v) is 6.14. The van der Waals surface area contributed by atoms with Crippen LogP contribution in [0.3, 0.4) is 0 Å². The van der Waals surface area contributed by atoms with E-state index >= 15 is 0 Å². The molecule has 5 heteroatoms. The van der Waals surface area contributed by atoms with Crippen molar-refractivity contribution in [3.05, 3.63) is 69.4 Å². The van der Waals surface area contributed by atoms with Crippen molar-refractivity contribution in [2.24, 2.45) is 0 Å². The molecule has 96 valence electrons. The predicted octanol–water partition coefficient (Wildman–Crippen LogP) is 3.17. The monoisotopic (exact) mass is 276 g/mol. The number of nitrogens with one attached hydrogen (secondary N) is 1. The number of nitrogens with zero attached hydrogens (tertiary/aromatic N) is 1. The van der Waals surface area contributed by atoms with Gasteiger partial charge in [-0.15, -0.1) is 0 Å². The molecule has 2 aromatic carbocycles. The second-order valence-electron chi connectivity index (χ2n) is 4.28. The molecule has 3 rings (SSSR count). The van der Waals surface area contributed by atoms with Crippen LogP contribution in [0.25, 0.3) is 11.0 Å². The summed E-state index contributed by atoms with van der Waals surface area (Å²) >= 11 is 5.82. The molecule has 0 radical (unpaired) electrons. The molecule has 0 aliphatic heterocycles. The summed E-state index contributed by atoms with van der Waals surface area (Å²) in [6, 6.07) is 11.8. The van der Waals surface area contributed by atoms with Crippen LogP contribution in [0.4, 0.5) is 4.39 Å². The number of fused-ring (bicyclic) bond motifs is 1. The quantitative estimate of drug-likeness (QED) is 0.767. The van der Waals surface area contributed by atoms with E-state index in [4.69, 9.17) is 11.6 Å². The summed E-state index contributed by atoms with van der Waals surface area (Å²) in [5, 5.41) is 0.640. The molecule has 0 fully saturated rings. The Morgan fingerprint density at radius 3 is 2.63 bits per heavy atom. The Kier molecular flexibility index (Phi) is 2.87. The molecule has 1 heterocycles. The highest BCUT2D eigenvalue weighted by Crippen LogP contribution is 2.16. The van der Waals surface area contributed by atoms with E-state index in [0.717, 1.165) is 5.56 Å². The van der Waals surface area contributed by atoms with Gasteiger partial charge in [0.05, 0.1) is 12.1 Å². The van der Waals surface area contributed by atoms with E-state index in [1.807, 2.05) is 12.1 Å². The summed E-state index contributed by atoms with van der Waals surface area (Å²) in [7, 11) is 0. The molecule has 0 aliphatic rings. The molecular formula is C14H10ClFN2O. The zero-order valence-corrected chi connectivity index (χ0v) is 10.6. The molecule has 0 saturated carbocycles. The zero-order chi connectivity index (χ0) is 13.4. The molecule has 0 aliphatic carbocycles. The zero-order valence-electron chi connectivity index (χ0n) is 9.86. The lowest BCUT2D eigenvalue weighted by molar-refractivity contribution is 0.637. The van der Waals surface area contributed by atoms with Crippen molar-refractivity contribution in [3.8, 4) is 0 Å². The van der Waals surface area contributed by atoms with Crippen molar-refractivity contribution in [2.45, 2.75) is 6.54 Å². The van der Waals surface area contributed by atoms with Gasteiger partial charge in [0.25, 0.3) is 0 Å². The molecule has 0 spiro atoms. The van der Waals surface area contributed by atoms with Gasteiger partial charge in [-0.2, -0.15) is 0 Å². The molecule has 0 atom stereocenters. The lowest BCUT2D eigenvalue weighted by Gasteiger charge is -2.04. The Balaban J connectivity index is 2.10. The van der Waals surface area contributed by atoms with E-state index in [-0.39, 0.29) is 11.2 Å². The summed E-state index contributed by atoms with van der Waals surface area (Å²) in [6.07, 6.45) is 0. The maximum absolute atomic E-state index is 13.6. The molecule has 1 N–H and O–H groups in total. The molecule has 0 saturated heterocycles. The van der Waals surface area contributed by atoms with Crippen LogP contribution in [0.1, 0.15) is 5.56 Å². The number of para-hydroxylation sites is 1. The third-order valence-corrected chi connectivity index (χ3v) is 3.27. The first-order valence-electron chi connectivity index (χ1n) is 5.76. The first kappa shape index (κ1) is 12.0. The molecule has 3 nitrogen and oxygen atoms in total. The largest absolute Gasteiger partial charge is 0.326 e. The minimum Gasteiger partial charge on any atom is -0.303 e. The average Bonchev–Trinajstić information content (AvgIpc) is 2.71. The number of halogens is 2. The van der Waals surface area contributed by atoms with Crippen molar-refractivity contribution >= 4 is 22.6 Å². The van der Waals surface area contributed by atoms with Gasteiger partial charge in [0.15, 0.2) is 0 Å². The average molecular weight is 277 g/mol. The van der Waals surface area contributed by atoms with Crippen LogP contribution < -0.4 is 5.69 Å². The van der Waals surface area contributed by atoms with Gasteiger partial charge in [0.2, 0.25) is 0 Å². The van der Waals surface area contributed by atoms with E-state index in [2.05, 4.69) is 4.98 Å². The number of benzene rings is 2. The van der Waals surface area contributed by atoms with Crippen LogP contribution in [0.2, 0.25) is 5.02 Å². The summed E-state index contributed by atoms with van der Waals surface area (Å²) < 4.78 is 15.1. The Bertz CT molecular complexity index is 789. The maximum Gasteiger partial charge on any atom is 0.326 e. The number of hydrogen-bond donors (Lipinski definition) is 1. The summed E-state index contributed by atoms with van der Waals surface area (Å²) in [5.74, 6) is -0.426. The van der Waals surface area contributed by atoms with Gasteiger partial charge < -0.3 is 4.98 Å². The van der Waals surface area contributed by atoms with Crippen LogP contribution >= 0.6 is 11.6 Å². The second kappa shape index (κ2) is 4.55. The first-order chi connectivity index (χ1) is 9.15. The van der Waals surface area contributed by atoms with Gasteiger partial charge >= 0.3 is 5.69 Å². The number of aromatic nitrogens is 2. The van der Waals surface area contributed by atoms with Gasteiger partial charge in [-0.05, 0) is 29.8 Å². The third-order valence-electron chi connectivity index (χ3n) is 3.01. The number of aromatic amines is 1. The summed E-state index contributed by atoms with van der Waals surface area (Å²) in [6.45, 7) is 0.374. The Morgan fingerprint density at radius 2 is 1.89 bits per heavy atom. The molecule has 19 heavy (non-hydrogen) atoms. The van der Waals surface area contributed by atoms with Gasteiger partial charge in [-0.25, -0.2) is 9.18 Å².